The van der Waals surface area contributed by atoms with Crippen molar-refractivity contribution in [1.29, 1.82) is 0 Å². The van der Waals surface area contributed by atoms with Crippen LogP contribution in [0.25, 0.3) is 0 Å². The standard InChI is InChI=1S/C9H7F3N2O4/c10-9(11,12)5-13-8(15)18-7-4-2-1-3-6(7)14(16)17/h1-4H,5H2,(H,13,15). The first-order valence-corrected chi connectivity index (χ1v) is 4.55. The number of nitrogens with zero attached hydrogens (tertiary/aromatic N) is 1. The van der Waals surface area contributed by atoms with Gasteiger partial charge in [-0.15, -0.1) is 0 Å². The molecule has 98 valence electrons. The number of alkyl halides is 3. The molecule has 1 amide bonds. The highest BCUT2D eigenvalue weighted by Crippen LogP contribution is 2.25. The van der Waals surface area contributed by atoms with Crippen LogP contribution in [0.3, 0.4) is 0 Å². The number of amides is 1. The summed E-state index contributed by atoms with van der Waals surface area (Å²) in [4.78, 5) is 20.7. The molecule has 0 saturated carbocycles. The molecule has 6 nitrogen and oxygen atoms in total. The largest absolute Gasteiger partial charge is 0.413 e. The van der Waals surface area contributed by atoms with Gasteiger partial charge in [0.15, 0.2) is 0 Å². The van der Waals surface area contributed by atoms with E-state index in [0.717, 1.165) is 12.1 Å². The maximum absolute atomic E-state index is 11.8. The van der Waals surface area contributed by atoms with E-state index in [1.54, 1.807) is 0 Å². The zero-order chi connectivity index (χ0) is 13.8. The van der Waals surface area contributed by atoms with E-state index in [9.17, 15) is 28.1 Å². The van der Waals surface area contributed by atoms with Crippen molar-refractivity contribution in [3.8, 4) is 5.75 Å². The van der Waals surface area contributed by atoms with Gasteiger partial charge in [-0.05, 0) is 6.07 Å². The lowest BCUT2D eigenvalue weighted by atomic mass is 10.3. The SMILES string of the molecule is O=C(NCC(F)(F)F)Oc1ccccc1[N+](=O)[O-]. The third-order valence-electron chi connectivity index (χ3n) is 1.70. The first-order chi connectivity index (χ1) is 8.29. The molecular formula is C9H7F3N2O4. The van der Waals surface area contributed by atoms with Crippen molar-refractivity contribution >= 4 is 11.8 Å². The van der Waals surface area contributed by atoms with Crippen LogP contribution in [-0.4, -0.2) is 23.7 Å². The number of nitro groups is 1. The fourth-order valence-corrected chi connectivity index (χ4v) is 1.00. The number of benzene rings is 1. The topological polar surface area (TPSA) is 81.5 Å². The summed E-state index contributed by atoms with van der Waals surface area (Å²) in [6, 6.07) is 4.84. The van der Waals surface area contributed by atoms with Crippen LogP contribution in [0.1, 0.15) is 0 Å². The number of hydrogen-bond acceptors (Lipinski definition) is 4. The fraction of sp³-hybridized carbons (Fsp3) is 0.222. The minimum atomic E-state index is -4.58. The maximum atomic E-state index is 11.8. The Labute approximate surface area is 98.5 Å². The van der Waals surface area contributed by atoms with Crippen molar-refractivity contribution in [1.82, 2.24) is 5.32 Å². The molecule has 1 aromatic carbocycles. The van der Waals surface area contributed by atoms with Gasteiger partial charge in [0.2, 0.25) is 5.75 Å². The molecule has 0 radical (unpaired) electrons. The summed E-state index contributed by atoms with van der Waals surface area (Å²) in [5.74, 6) is -0.429. The van der Waals surface area contributed by atoms with Crippen LogP contribution in [0.4, 0.5) is 23.7 Å². The Balaban J connectivity index is 2.68. The Kier molecular flexibility index (Phi) is 4.08. The van der Waals surface area contributed by atoms with Crippen molar-refractivity contribution in [2.24, 2.45) is 0 Å². The van der Waals surface area contributed by atoms with Gasteiger partial charge in [0, 0.05) is 6.07 Å². The molecule has 0 aromatic heterocycles. The average Bonchev–Trinajstić information content (AvgIpc) is 2.26. The summed E-state index contributed by atoms with van der Waals surface area (Å²) in [5.41, 5.74) is -0.514. The summed E-state index contributed by atoms with van der Waals surface area (Å²) < 4.78 is 39.8. The third-order valence-corrected chi connectivity index (χ3v) is 1.70. The van der Waals surface area contributed by atoms with Gasteiger partial charge in [-0.3, -0.25) is 10.1 Å². The lowest BCUT2D eigenvalue weighted by molar-refractivity contribution is -0.385. The molecule has 0 fully saturated rings. The van der Waals surface area contributed by atoms with Crippen LogP contribution in [0.15, 0.2) is 24.3 Å². The van der Waals surface area contributed by atoms with Gasteiger partial charge in [-0.2, -0.15) is 13.2 Å². The number of rotatable bonds is 3. The number of carbonyl (C=O) groups is 1. The molecule has 0 unspecified atom stereocenters. The summed E-state index contributed by atoms with van der Waals surface area (Å²) in [7, 11) is 0. The zero-order valence-electron chi connectivity index (χ0n) is 8.73. The van der Waals surface area contributed by atoms with Gasteiger partial charge in [0.05, 0.1) is 4.92 Å². The first-order valence-electron chi connectivity index (χ1n) is 4.55. The molecule has 0 bridgehead atoms. The number of nitrogens with one attached hydrogen (secondary N) is 1. The van der Waals surface area contributed by atoms with E-state index in [4.69, 9.17) is 0 Å². The average molecular weight is 264 g/mol. The lowest BCUT2D eigenvalue weighted by Gasteiger charge is -2.08. The van der Waals surface area contributed by atoms with Crippen LogP contribution in [0.2, 0.25) is 0 Å². The summed E-state index contributed by atoms with van der Waals surface area (Å²) in [6.45, 7) is -1.58. The van der Waals surface area contributed by atoms with E-state index in [2.05, 4.69) is 4.74 Å². The van der Waals surface area contributed by atoms with E-state index in [0.29, 0.717) is 0 Å². The molecule has 0 aliphatic carbocycles. The second-order valence-corrected chi connectivity index (χ2v) is 3.08. The molecule has 0 aliphatic heterocycles. The molecule has 0 spiro atoms. The fourth-order valence-electron chi connectivity index (χ4n) is 1.00. The van der Waals surface area contributed by atoms with Crippen LogP contribution < -0.4 is 10.1 Å². The monoisotopic (exact) mass is 264 g/mol. The Hall–Kier alpha value is -2.32. The smallest absolute Gasteiger partial charge is 0.403 e. The first kappa shape index (κ1) is 13.7. The molecule has 1 N–H and O–H groups in total. The number of ether oxygens (including phenoxy) is 1. The van der Waals surface area contributed by atoms with Gasteiger partial charge >= 0.3 is 18.0 Å². The third kappa shape index (κ3) is 4.28. The number of para-hydroxylation sites is 2. The minimum Gasteiger partial charge on any atom is -0.403 e. The predicted octanol–water partition coefficient (Wildman–Crippen LogP) is 2.25. The molecule has 1 rings (SSSR count). The number of nitro benzene ring substituents is 1. The lowest BCUT2D eigenvalue weighted by Crippen LogP contribution is -2.35. The van der Waals surface area contributed by atoms with Gasteiger partial charge < -0.3 is 10.1 Å². The Morgan fingerprint density at radius 1 is 1.39 bits per heavy atom. The van der Waals surface area contributed by atoms with E-state index in [1.807, 2.05) is 0 Å². The normalized spacial score (nSPS) is 10.8. The highest BCUT2D eigenvalue weighted by atomic mass is 19.4. The summed E-state index contributed by atoms with van der Waals surface area (Å²) in [5, 5.41) is 12.0. The quantitative estimate of drug-likeness (QED) is 0.670. The maximum Gasteiger partial charge on any atom is 0.413 e. The van der Waals surface area contributed by atoms with Crippen molar-refractivity contribution in [2.45, 2.75) is 6.18 Å². The van der Waals surface area contributed by atoms with Crippen molar-refractivity contribution in [3.63, 3.8) is 0 Å². The summed E-state index contributed by atoms with van der Waals surface area (Å²) >= 11 is 0. The molecule has 9 heteroatoms. The number of halogens is 3. The predicted molar refractivity (Wildman–Crippen MR) is 53.2 cm³/mol. The molecule has 0 aliphatic rings. The molecule has 0 heterocycles. The van der Waals surface area contributed by atoms with E-state index < -0.39 is 35.2 Å². The van der Waals surface area contributed by atoms with Crippen LogP contribution in [-0.2, 0) is 0 Å². The van der Waals surface area contributed by atoms with E-state index >= 15 is 0 Å². The second kappa shape index (κ2) is 5.34. The zero-order valence-corrected chi connectivity index (χ0v) is 8.73. The van der Waals surface area contributed by atoms with Crippen LogP contribution in [0.5, 0.6) is 5.75 Å². The number of carbonyl (C=O) groups excluding carboxylic acids is 1. The van der Waals surface area contributed by atoms with Crippen molar-refractivity contribution < 1.29 is 27.6 Å². The minimum absolute atomic E-state index is 0.429. The van der Waals surface area contributed by atoms with Gasteiger partial charge in [0.25, 0.3) is 0 Å². The summed E-state index contributed by atoms with van der Waals surface area (Å²) in [6.07, 6.45) is -6.00. The number of hydrogen-bond donors (Lipinski definition) is 1. The molecule has 18 heavy (non-hydrogen) atoms. The Morgan fingerprint density at radius 2 is 2.00 bits per heavy atom. The van der Waals surface area contributed by atoms with Gasteiger partial charge in [-0.25, -0.2) is 4.79 Å². The van der Waals surface area contributed by atoms with Crippen LogP contribution >= 0.6 is 0 Å². The highest BCUT2D eigenvalue weighted by Gasteiger charge is 2.28. The molecule has 1 aromatic rings. The second-order valence-electron chi connectivity index (χ2n) is 3.08. The highest BCUT2D eigenvalue weighted by molar-refractivity contribution is 5.72. The Morgan fingerprint density at radius 3 is 2.56 bits per heavy atom. The molecule has 0 atom stereocenters. The van der Waals surface area contributed by atoms with Gasteiger partial charge in [0.1, 0.15) is 6.54 Å². The van der Waals surface area contributed by atoms with Crippen molar-refractivity contribution in [2.75, 3.05) is 6.54 Å². The van der Waals surface area contributed by atoms with Crippen LogP contribution in [0, 0.1) is 10.1 Å². The van der Waals surface area contributed by atoms with Gasteiger partial charge in [-0.1, -0.05) is 12.1 Å². The van der Waals surface area contributed by atoms with Crippen molar-refractivity contribution in [3.05, 3.63) is 34.4 Å². The van der Waals surface area contributed by atoms with E-state index in [1.165, 1.54) is 17.4 Å². The van der Waals surface area contributed by atoms with E-state index in [-0.39, 0.29) is 0 Å². The molecule has 0 saturated heterocycles. The Bertz CT molecular complexity index is 461. The molecular weight excluding hydrogens is 257 g/mol.